The van der Waals surface area contributed by atoms with Crippen LogP contribution < -0.4 is 20.1 Å². The lowest BCUT2D eigenvalue weighted by Crippen LogP contribution is -2.37. The van der Waals surface area contributed by atoms with Gasteiger partial charge in [0.1, 0.15) is 0 Å². The monoisotopic (exact) mass is 404 g/mol. The number of benzene rings is 2. The zero-order valence-corrected chi connectivity index (χ0v) is 17.7. The number of ether oxygens (including phenoxy) is 2. The maximum atomic E-state index is 5.37. The predicted molar refractivity (Wildman–Crippen MR) is 121 cm³/mol. The molecule has 0 amide bonds. The van der Waals surface area contributed by atoms with Crippen molar-refractivity contribution in [2.45, 2.75) is 13.0 Å². The fraction of sp³-hybridized carbons (Fsp3) is 0.250. The van der Waals surface area contributed by atoms with Gasteiger partial charge in [-0.25, -0.2) is 0 Å². The number of methoxy groups -OCH3 is 2. The van der Waals surface area contributed by atoms with Crippen molar-refractivity contribution in [2.24, 2.45) is 4.99 Å². The van der Waals surface area contributed by atoms with Gasteiger partial charge in [0.25, 0.3) is 0 Å². The molecule has 0 unspecified atom stereocenters. The second kappa shape index (κ2) is 10.9. The second-order valence-corrected chi connectivity index (χ2v) is 6.71. The summed E-state index contributed by atoms with van der Waals surface area (Å²) in [7, 11) is 5.06. The number of nitrogens with zero attached hydrogens (tertiary/aromatic N) is 2. The summed E-state index contributed by atoms with van der Waals surface area (Å²) in [6.07, 6.45) is 2.65. The molecule has 0 bridgehead atoms. The zero-order valence-electron chi connectivity index (χ0n) is 17.7. The summed E-state index contributed by atoms with van der Waals surface area (Å²) in [4.78, 5) is 8.73. The molecule has 0 saturated heterocycles. The highest BCUT2D eigenvalue weighted by Crippen LogP contribution is 2.27. The van der Waals surface area contributed by atoms with Crippen molar-refractivity contribution in [2.75, 3.05) is 27.8 Å². The van der Waals surface area contributed by atoms with E-state index in [0.29, 0.717) is 6.54 Å². The van der Waals surface area contributed by atoms with Gasteiger partial charge in [-0.1, -0.05) is 30.3 Å². The topological polar surface area (TPSA) is 67.8 Å². The lowest BCUT2D eigenvalue weighted by molar-refractivity contribution is 0.354. The summed E-state index contributed by atoms with van der Waals surface area (Å²) in [5, 5.41) is 6.72. The minimum atomic E-state index is 0.677. The third kappa shape index (κ3) is 5.73. The van der Waals surface area contributed by atoms with Crippen molar-refractivity contribution < 1.29 is 9.47 Å². The molecule has 6 heteroatoms. The Hall–Kier alpha value is -3.54. The minimum absolute atomic E-state index is 0.677. The summed E-state index contributed by atoms with van der Waals surface area (Å²) in [5.41, 5.74) is 4.41. The minimum Gasteiger partial charge on any atom is -0.493 e. The van der Waals surface area contributed by atoms with Gasteiger partial charge in [-0.05, 0) is 47.9 Å². The number of hydrogen-bond donors (Lipinski definition) is 2. The van der Waals surface area contributed by atoms with Crippen LogP contribution in [0.15, 0.2) is 71.9 Å². The number of aromatic nitrogens is 1. The molecule has 1 aromatic heterocycles. The smallest absolute Gasteiger partial charge is 0.191 e. The van der Waals surface area contributed by atoms with Crippen LogP contribution in [0, 0.1) is 0 Å². The lowest BCUT2D eigenvalue weighted by atomic mass is 10.1. The van der Waals surface area contributed by atoms with Crippen LogP contribution in [0.25, 0.3) is 11.3 Å². The van der Waals surface area contributed by atoms with Crippen molar-refractivity contribution in [1.29, 1.82) is 0 Å². The number of aliphatic imine (C=N–C) groups is 1. The third-order valence-electron chi connectivity index (χ3n) is 4.73. The molecule has 3 rings (SSSR count). The summed E-state index contributed by atoms with van der Waals surface area (Å²) in [6, 6.07) is 20.3. The molecule has 0 aliphatic heterocycles. The Kier molecular flexibility index (Phi) is 7.66. The van der Waals surface area contributed by atoms with Crippen molar-refractivity contribution in [3.8, 4) is 22.8 Å². The Labute approximate surface area is 178 Å². The van der Waals surface area contributed by atoms with Crippen LogP contribution in [0.2, 0.25) is 0 Å². The standard InChI is InChI=1S/C24H28N4O2/c1-25-24(27-14-12-18-10-11-22(29-2)23(16-18)30-3)28-17-19-7-6-8-20(15-19)21-9-4-5-13-26-21/h4-11,13,15-16H,12,14,17H2,1-3H3,(H2,25,27,28). The van der Waals surface area contributed by atoms with Gasteiger partial charge in [0.15, 0.2) is 17.5 Å². The number of nitrogens with one attached hydrogen (secondary N) is 2. The molecule has 2 N–H and O–H groups in total. The number of pyridine rings is 1. The first-order valence-electron chi connectivity index (χ1n) is 9.89. The summed E-state index contributed by atoms with van der Waals surface area (Å²) >= 11 is 0. The van der Waals surface area contributed by atoms with Crippen LogP contribution in [0.3, 0.4) is 0 Å². The van der Waals surface area contributed by atoms with E-state index < -0.39 is 0 Å². The van der Waals surface area contributed by atoms with E-state index in [1.165, 1.54) is 11.1 Å². The summed E-state index contributed by atoms with van der Waals surface area (Å²) in [6.45, 7) is 1.43. The maximum Gasteiger partial charge on any atom is 0.191 e. The third-order valence-corrected chi connectivity index (χ3v) is 4.73. The maximum absolute atomic E-state index is 5.37. The van der Waals surface area contributed by atoms with Crippen LogP contribution in [0.5, 0.6) is 11.5 Å². The average Bonchev–Trinajstić information content (AvgIpc) is 2.81. The first-order chi connectivity index (χ1) is 14.7. The van der Waals surface area contributed by atoms with Gasteiger partial charge in [0.05, 0.1) is 19.9 Å². The Balaban J connectivity index is 1.52. The zero-order chi connectivity index (χ0) is 21.2. The van der Waals surface area contributed by atoms with Gasteiger partial charge in [0, 0.05) is 31.9 Å². The Bertz CT molecular complexity index is 974. The molecule has 156 valence electrons. The fourth-order valence-electron chi connectivity index (χ4n) is 3.14. The van der Waals surface area contributed by atoms with Gasteiger partial charge in [-0.3, -0.25) is 9.98 Å². The number of hydrogen-bond acceptors (Lipinski definition) is 4. The molecule has 0 atom stereocenters. The van der Waals surface area contributed by atoms with E-state index in [0.717, 1.165) is 41.7 Å². The molecule has 3 aromatic rings. The largest absolute Gasteiger partial charge is 0.493 e. The van der Waals surface area contributed by atoms with Gasteiger partial charge < -0.3 is 20.1 Å². The van der Waals surface area contributed by atoms with Gasteiger partial charge in [-0.15, -0.1) is 0 Å². The first-order valence-corrected chi connectivity index (χ1v) is 9.89. The molecule has 0 aliphatic carbocycles. The second-order valence-electron chi connectivity index (χ2n) is 6.71. The van der Waals surface area contributed by atoms with Crippen LogP contribution in [-0.2, 0) is 13.0 Å². The molecule has 0 spiro atoms. The molecule has 30 heavy (non-hydrogen) atoms. The van der Waals surface area contributed by atoms with E-state index in [1.54, 1.807) is 21.3 Å². The number of guanidine groups is 1. The fourth-order valence-corrected chi connectivity index (χ4v) is 3.14. The highest BCUT2D eigenvalue weighted by atomic mass is 16.5. The molecule has 2 aromatic carbocycles. The first kappa shape index (κ1) is 21.2. The van der Waals surface area contributed by atoms with Crippen LogP contribution >= 0.6 is 0 Å². The van der Waals surface area contributed by atoms with Crippen LogP contribution in [-0.4, -0.2) is 38.8 Å². The lowest BCUT2D eigenvalue weighted by Gasteiger charge is -2.13. The van der Waals surface area contributed by atoms with E-state index in [2.05, 4.69) is 38.8 Å². The normalized spacial score (nSPS) is 11.1. The molecule has 0 fully saturated rings. The van der Waals surface area contributed by atoms with E-state index in [-0.39, 0.29) is 0 Å². The van der Waals surface area contributed by atoms with E-state index in [4.69, 9.17) is 9.47 Å². The van der Waals surface area contributed by atoms with Crippen molar-refractivity contribution >= 4 is 5.96 Å². The molecular weight excluding hydrogens is 376 g/mol. The molecule has 0 saturated carbocycles. The number of rotatable bonds is 8. The summed E-state index contributed by atoms with van der Waals surface area (Å²) < 4.78 is 10.7. The van der Waals surface area contributed by atoms with Crippen molar-refractivity contribution in [3.63, 3.8) is 0 Å². The molecule has 1 heterocycles. The van der Waals surface area contributed by atoms with Gasteiger partial charge in [0.2, 0.25) is 0 Å². The predicted octanol–water partition coefficient (Wildman–Crippen LogP) is 3.67. The highest BCUT2D eigenvalue weighted by molar-refractivity contribution is 5.79. The molecule has 6 nitrogen and oxygen atoms in total. The van der Waals surface area contributed by atoms with Crippen LogP contribution in [0.4, 0.5) is 0 Å². The molecule has 0 radical (unpaired) electrons. The van der Waals surface area contributed by atoms with Crippen LogP contribution in [0.1, 0.15) is 11.1 Å². The molecular formula is C24H28N4O2. The van der Waals surface area contributed by atoms with Gasteiger partial charge in [-0.2, -0.15) is 0 Å². The quantitative estimate of drug-likeness (QED) is 0.443. The Morgan fingerprint density at radius 3 is 2.50 bits per heavy atom. The Morgan fingerprint density at radius 2 is 1.77 bits per heavy atom. The average molecular weight is 405 g/mol. The summed E-state index contributed by atoms with van der Waals surface area (Å²) in [5.74, 6) is 2.24. The highest BCUT2D eigenvalue weighted by Gasteiger charge is 2.05. The van der Waals surface area contributed by atoms with E-state index in [9.17, 15) is 0 Å². The van der Waals surface area contributed by atoms with Crippen molar-refractivity contribution in [3.05, 3.63) is 78.0 Å². The molecule has 0 aliphatic rings. The van der Waals surface area contributed by atoms with E-state index >= 15 is 0 Å². The van der Waals surface area contributed by atoms with Gasteiger partial charge >= 0.3 is 0 Å². The SMILES string of the molecule is CN=C(NCCc1ccc(OC)c(OC)c1)NCc1cccc(-c2ccccn2)c1. The van der Waals surface area contributed by atoms with E-state index in [1.807, 2.05) is 48.7 Å². The van der Waals surface area contributed by atoms with Crippen molar-refractivity contribution in [1.82, 2.24) is 15.6 Å². The Morgan fingerprint density at radius 1 is 0.900 bits per heavy atom.